The van der Waals surface area contributed by atoms with Crippen molar-refractivity contribution in [3.05, 3.63) is 106 Å². The quantitative estimate of drug-likeness (QED) is 0.337. The van der Waals surface area contributed by atoms with E-state index in [9.17, 15) is 4.57 Å². The van der Waals surface area contributed by atoms with Crippen molar-refractivity contribution in [2.45, 2.75) is 26.2 Å². The van der Waals surface area contributed by atoms with E-state index >= 15 is 0 Å². The van der Waals surface area contributed by atoms with Gasteiger partial charge in [0.1, 0.15) is 0 Å². The van der Waals surface area contributed by atoms with Gasteiger partial charge in [-0.25, -0.2) is 0 Å². The summed E-state index contributed by atoms with van der Waals surface area (Å²) in [5.74, 6) is 0. The van der Waals surface area contributed by atoms with Crippen LogP contribution in [0.15, 0.2) is 72.8 Å². The Labute approximate surface area is 189 Å². The SMILES string of the molecule is Cc1ccc(C(C[PH](C)=O)(c2ccc(C)cc2)c2ccc(C)cc2)cc1.[Y]. The molecule has 27 heavy (non-hydrogen) atoms. The second kappa shape index (κ2) is 9.46. The molecule has 3 rings (SSSR count). The molecule has 0 aliphatic carbocycles. The van der Waals surface area contributed by atoms with Crippen molar-refractivity contribution in [1.82, 2.24) is 0 Å². The van der Waals surface area contributed by atoms with E-state index in [1.165, 1.54) is 33.4 Å². The Morgan fingerprint density at radius 1 is 0.630 bits per heavy atom. The van der Waals surface area contributed by atoms with Gasteiger partial charge in [-0.1, -0.05) is 89.5 Å². The number of benzene rings is 3. The molecule has 0 fully saturated rings. The third-order valence-corrected chi connectivity index (χ3v) is 6.18. The number of hydrogen-bond donors (Lipinski definition) is 0. The van der Waals surface area contributed by atoms with Crippen molar-refractivity contribution in [1.29, 1.82) is 0 Å². The topological polar surface area (TPSA) is 17.1 Å². The van der Waals surface area contributed by atoms with Gasteiger partial charge in [0.25, 0.3) is 0 Å². The minimum atomic E-state index is -1.71. The summed E-state index contributed by atoms with van der Waals surface area (Å²) in [7, 11) is -1.71. The maximum absolute atomic E-state index is 12.6. The molecule has 3 aromatic carbocycles. The van der Waals surface area contributed by atoms with E-state index in [0.29, 0.717) is 6.16 Å². The summed E-state index contributed by atoms with van der Waals surface area (Å²) in [6.07, 6.45) is 0.632. The molecule has 1 radical (unpaired) electrons. The smallest absolute Gasteiger partial charge is 0.0748 e. The third-order valence-electron chi connectivity index (χ3n) is 5.15. The monoisotopic (exact) mass is 451 g/mol. The van der Waals surface area contributed by atoms with Crippen molar-refractivity contribution in [3.8, 4) is 0 Å². The Morgan fingerprint density at radius 3 is 1.11 bits per heavy atom. The molecule has 3 heteroatoms. The molecule has 1 atom stereocenters. The number of hydrogen-bond acceptors (Lipinski definition) is 1. The van der Waals surface area contributed by atoms with Crippen molar-refractivity contribution < 1.29 is 37.3 Å². The third kappa shape index (κ3) is 4.89. The van der Waals surface area contributed by atoms with E-state index in [0.717, 1.165) is 0 Å². The van der Waals surface area contributed by atoms with Crippen molar-refractivity contribution in [2.75, 3.05) is 12.8 Å². The molecule has 0 aliphatic rings. The van der Waals surface area contributed by atoms with E-state index in [2.05, 4.69) is 93.6 Å². The second-order valence-corrected chi connectivity index (χ2v) is 9.14. The van der Waals surface area contributed by atoms with Gasteiger partial charge in [-0.05, 0) is 44.1 Å². The molecule has 0 saturated carbocycles. The fourth-order valence-corrected chi connectivity index (χ4v) is 5.05. The molecule has 0 bridgehead atoms. The van der Waals surface area contributed by atoms with Gasteiger partial charge >= 0.3 is 0 Å². The molecule has 0 heterocycles. The first kappa shape index (κ1) is 22.3. The van der Waals surface area contributed by atoms with E-state index in [1.54, 1.807) is 0 Å². The zero-order chi connectivity index (χ0) is 18.7. The second-order valence-electron chi connectivity index (χ2n) is 7.38. The average molecular weight is 451 g/mol. The molecular weight excluding hydrogens is 424 g/mol. The Kier molecular flexibility index (Phi) is 7.81. The zero-order valence-electron chi connectivity index (χ0n) is 16.6. The molecule has 137 valence electrons. The van der Waals surface area contributed by atoms with Crippen molar-refractivity contribution >= 4 is 7.80 Å². The minimum Gasteiger partial charge on any atom is -0.327 e. The standard InChI is InChI=1S/C24H27OP.Y/c1-18-5-11-21(12-6-18)24(17-26(4)25,22-13-7-19(2)8-14-22)23-15-9-20(3)10-16-23;/h5-16,26H,17H2,1-4H3;. The van der Waals surface area contributed by atoms with Crippen LogP contribution in [0.1, 0.15) is 33.4 Å². The van der Waals surface area contributed by atoms with Crippen LogP contribution in [0.2, 0.25) is 0 Å². The summed E-state index contributed by atoms with van der Waals surface area (Å²) in [4.78, 5) is 0. The molecule has 0 aromatic heterocycles. The molecule has 0 amide bonds. The summed E-state index contributed by atoms with van der Waals surface area (Å²) in [5.41, 5.74) is 6.93. The predicted octanol–water partition coefficient (Wildman–Crippen LogP) is 6.13. The van der Waals surface area contributed by atoms with Gasteiger partial charge in [-0.3, -0.25) is 0 Å². The van der Waals surface area contributed by atoms with Crippen LogP contribution in [0.3, 0.4) is 0 Å². The van der Waals surface area contributed by atoms with Crippen LogP contribution in [0, 0.1) is 20.8 Å². The van der Waals surface area contributed by atoms with Gasteiger partial charge in [0, 0.05) is 38.9 Å². The Bertz CT molecular complexity index is 786. The van der Waals surface area contributed by atoms with E-state index in [4.69, 9.17) is 0 Å². The van der Waals surface area contributed by atoms with Crippen LogP contribution >= 0.6 is 7.80 Å². The van der Waals surface area contributed by atoms with E-state index in [1.807, 2.05) is 6.66 Å². The fourth-order valence-electron chi connectivity index (χ4n) is 3.69. The average Bonchev–Trinajstić information content (AvgIpc) is 2.62. The number of rotatable bonds is 5. The van der Waals surface area contributed by atoms with Gasteiger partial charge in [0.05, 0.1) is 13.2 Å². The fraction of sp³-hybridized carbons (Fsp3) is 0.250. The van der Waals surface area contributed by atoms with Crippen molar-refractivity contribution in [3.63, 3.8) is 0 Å². The van der Waals surface area contributed by atoms with Gasteiger partial charge in [-0.15, -0.1) is 0 Å². The molecule has 0 spiro atoms. The maximum Gasteiger partial charge on any atom is 0.0748 e. The summed E-state index contributed by atoms with van der Waals surface area (Å²) in [6, 6.07) is 26.1. The normalized spacial score (nSPS) is 12.3. The first-order valence-corrected chi connectivity index (χ1v) is 11.2. The summed E-state index contributed by atoms with van der Waals surface area (Å²) in [5, 5.41) is 0. The molecule has 3 aromatic rings. The van der Waals surface area contributed by atoms with Crippen LogP contribution in [0.5, 0.6) is 0 Å². The van der Waals surface area contributed by atoms with Gasteiger partial charge in [0.2, 0.25) is 0 Å². The zero-order valence-corrected chi connectivity index (χ0v) is 20.5. The summed E-state index contributed by atoms with van der Waals surface area (Å²) < 4.78 is 12.6. The molecule has 0 N–H and O–H groups in total. The van der Waals surface area contributed by atoms with E-state index < -0.39 is 7.80 Å². The molecule has 1 unspecified atom stereocenters. The predicted molar refractivity (Wildman–Crippen MR) is 113 cm³/mol. The Hall–Kier alpha value is -1.01. The molecule has 0 saturated heterocycles. The molecule has 1 nitrogen and oxygen atoms in total. The Morgan fingerprint density at radius 2 is 0.889 bits per heavy atom. The number of aryl methyl sites for hydroxylation is 3. The summed E-state index contributed by atoms with van der Waals surface area (Å²) >= 11 is 0. The van der Waals surface area contributed by atoms with Crippen molar-refractivity contribution in [2.24, 2.45) is 0 Å². The Balaban J connectivity index is 0.00000261. The van der Waals surface area contributed by atoms with Crippen LogP contribution < -0.4 is 0 Å². The van der Waals surface area contributed by atoms with Crippen LogP contribution in [0.25, 0.3) is 0 Å². The van der Waals surface area contributed by atoms with Crippen LogP contribution in [0.4, 0.5) is 0 Å². The first-order chi connectivity index (χ1) is 12.4. The minimum absolute atomic E-state index is 0. The van der Waals surface area contributed by atoms with Gasteiger partial charge < -0.3 is 4.57 Å². The van der Waals surface area contributed by atoms with Crippen LogP contribution in [-0.4, -0.2) is 12.8 Å². The maximum atomic E-state index is 12.6. The van der Waals surface area contributed by atoms with Gasteiger partial charge in [0.15, 0.2) is 0 Å². The molecule has 0 aliphatic heterocycles. The summed E-state index contributed by atoms with van der Waals surface area (Å²) in [6.45, 7) is 8.18. The first-order valence-electron chi connectivity index (χ1n) is 9.13. The van der Waals surface area contributed by atoms with E-state index in [-0.39, 0.29) is 38.1 Å². The van der Waals surface area contributed by atoms with Crippen LogP contribution in [-0.2, 0) is 42.7 Å². The largest absolute Gasteiger partial charge is 0.327 e. The molecular formula is C24H27OPY. The van der Waals surface area contributed by atoms with Gasteiger partial charge in [-0.2, -0.15) is 0 Å².